The molecule has 0 radical (unpaired) electrons. The molecule has 2 aliphatic rings. The highest BCUT2D eigenvalue weighted by Gasteiger charge is 2.37. The SMILES string of the molecule is OCCN1CCC[C@@]2(CCCCO2)C1. The largest absolute Gasteiger partial charge is 0.395 e. The van der Waals surface area contributed by atoms with Gasteiger partial charge < -0.3 is 9.84 Å². The molecule has 0 unspecified atom stereocenters. The van der Waals surface area contributed by atoms with E-state index in [0.29, 0.717) is 0 Å². The molecule has 1 N–H and O–H groups in total. The molecule has 3 nitrogen and oxygen atoms in total. The minimum absolute atomic E-state index is 0.145. The Bertz CT molecular complexity index is 171. The lowest BCUT2D eigenvalue weighted by Crippen LogP contribution is -2.51. The summed E-state index contributed by atoms with van der Waals surface area (Å²) in [5.41, 5.74) is 0.145. The summed E-state index contributed by atoms with van der Waals surface area (Å²) in [5, 5.41) is 8.92. The maximum atomic E-state index is 8.92. The Morgan fingerprint density at radius 1 is 1.21 bits per heavy atom. The first-order chi connectivity index (χ1) is 6.85. The van der Waals surface area contributed by atoms with Crippen molar-refractivity contribution in [1.29, 1.82) is 0 Å². The second-order valence-corrected chi connectivity index (χ2v) is 4.59. The fourth-order valence-electron chi connectivity index (χ4n) is 2.75. The van der Waals surface area contributed by atoms with E-state index in [1.54, 1.807) is 0 Å². The highest BCUT2D eigenvalue weighted by molar-refractivity contribution is 4.90. The monoisotopic (exact) mass is 199 g/mol. The third-order valence-electron chi connectivity index (χ3n) is 3.47. The van der Waals surface area contributed by atoms with Crippen LogP contribution < -0.4 is 0 Å². The second-order valence-electron chi connectivity index (χ2n) is 4.59. The van der Waals surface area contributed by atoms with Crippen molar-refractivity contribution < 1.29 is 9.84 Å². The van der Waals surface area contributed by atoms with Crippen LogP contribution in [0, 0.1) is 0 Å². The Kier molecular flexibility index (Phi) is 3.42. The van der Waals surface area contributed by atoms with Gasteiger partial charge in [0.05, 0.1) is 12.2 Å². The predicted molar refractivity (Wildman–Crippen MR) is 55.3 cm³/mol. The van der Waals surface area contributed by atoms with Gasteiger partial charge in [0.15, 0.2) is 0 Å². The van der Waals surface area contributed by atoms with E-state index in [9.17, 15) is 0 Å². The summed E-state index contributed by atoms with van der Waals surface area (Å²) in [6.07, 6.45) is 6.19. The molecule has 0 aromatic carbocycles. The number of aliphatic hydroxyl groups excluding tert-OH is 1. The van der Waals surface area contributed by atoms with E-state index in [-0.39, 0.29) is 12.2 Å². The minimum atomic E-state index is 0.145. The van der Waals surface area contributed by atoms with E-state index in [4.69, 9.17) is 9.84 Å². The predicted octanol–water partition coefficient (Wildman–Crippen LogP) is 1.01. The number of likely N-dealkylation sites (tertiary alicyclic amines) is 1. The summed E-state index contributed by atoms with van der Waals surface area (Å²) in [6.45, 7) is 4.19. The summed E-state index contributed by atoms with van der Waals surface area (Å²) in [4.78, 5) is 2.34. The maximum Gasteiger partial charge on any atom is 0.0809 e. The smallest absolute Gasteiger partial charge is 0.0809 e. The topological polar surface area (TPSA) is 32.7 Å². The molecule has 2 heterocycles. The summed E-state index contributed by atoms with van der Waals surface area (Å²) in [6, 6.07) is 0. The number of hydrogen-bond donors (Lipinski definition) is 1. The Labute approximate surface area is 86.0 Å². The lowest BCUT2D eigenvalue weighted by atomic mass is 9.86. The van der Waals surface area contributed by atoms with Crippen molar-refractivity contribution in [1.82, 2.24) is 4.90 Å². The molecule has 0 aliphatic carbocycles. The van der Waals surface area contributed by atoms with Crippen molar-refractivity contribution in [2.75, 3.05) is 32.8 Å². The van der Waals surface area contributed by atoms with Crippen LogP contribution in [0.5, 0.6) is 0 Å². The van der Waals surface area contributed by atoms with Crippen LogP contribution in [-0.4, -0.2) is 48.5 Å². The van der Waals surface area contributed by atoms with Gasteiger partial charge in [0, 0.05) is 19.7 Å². The molecule has 2 saturated heterocycles. The van der Waals surface area contributed by atoms with Crippen LogP contribution in [0.25, 0.3) is 0 Å². The number of β-amino-alcohol motifs (C(OH)–C–C–N with tert-alkyl or cyclic N) is 1. The molecule has 3 heteroatoms. The van der Waals surface area contributed by atoms with Gasteiger partial charge in [-0.25, -0.2) is 0 Å². The summed E-state index contributed by atoms with van der Waals surface area (Å²) >= 11 is 0. The summed E-state index contributed by atoms with van der Waals surface area (Å²) < 4.78 is 5.96. The molecule has 0 aromatic rings. The molecule has 1 atom stereocenters. The molecule has 1 spiro atoms. The Hall–Kier alpha value is -0.120. The van der Waals surface area contributed by atoms with Crippen LogP contribution in [0.1, 0.15) is 32.1 Å². The fraction of sp³-hybridized carbons (Fsp3) is 1.00. The number of rotatable bonds is 2. The van der Waals surface area contributed by atoms with Crippen molar-refractivity contribution in [3.63, 3.8) is 0 Å². The van der Waals surface area contributed by atoms with Gasteiger partial charge in [0.1, 0.15) is 0 Å². The van der Waals surface area contributed by atoms with Crippen LogP contribution >= 0.6 is 0 Å². The normalized spacial score (nSPS) is 34.9. The zero-order valence-corrected chi connectivity index (χ0v) is 8.87. The van der Waals surface area contributed by atoms with Gasteiger partial charge in [0.2, 0.25) is 0 Å². The number of ether oxygens (including phenoxy) is 1. The van der Waals surface area contributed by atoms with E-state index in [1.807, 2.05) is 0 Å². The molecule has 2 fully saturated rings. The molecule has 0 bridgehead atoms. The first-order valence-electron chi connectivity index (χ1n) is 5.82. The number of nitrogens with zero attached hydrogens (tertiary/aromatic N) is 1. The minimum Gasteiger partial charge on any atom is -0.395 e. The first-order valence-corrected chi connectivity index (χ1v) is 5.82. The van der Waals surface area contributed by atoms with Gasteiger partial charge in [-0.3, -0.25) is 4.90 Å². The molecular weight excluding hydrogens is 178 g/mol. The molecule has 2 aliphatic heterocycles. The average Bonchev–Trinajstić information content (AvgIpc) is 2.19. The van der Waals surface area contributed by atoms with Crippen molar-refractivity contribution in [3.8, 4) is 0 Å². The van der Waals surface area contributed by atoms with Crippen molar-refractivity contribution >= 4 is 0 Å². The van der Waals surface area contributed by atoms with Crippen molar-refractivity contribution in [3.05, 3.63) is 0 Å². The second kappa shape index (κ2) is 4.60. The van der Waals surface area contributed by atoms with Gasteiger partial charge in [-0.05, 0) is 38.6 Å². The van der Waals surface area contributed by atoms with Crippen molar-refractivity contribution in [2.24, 2.45) is 0 Å². The highest BCUT2D eigenvalue weighted by atomic mass is 16.5. The average molecular weight is 199 g/mol. The molecule has 0 aromatic heterocycles. The van der Waals surface area contributed by atoms with Gasteiger partial charge >= 0.3 is 0 Å². The molecule has 2 rings (SSSR count). The van der Waals surface area contributed by atoms with Crippen LogP contribution in [0.3, 0.4) is 0 Å². The standard InChI is InChI=1S/C11H21NO2/c13-8-7-12-6-3-5-11(10-12)4-1-2-9-14-11/h13H,1-10H2/t11-/m0/s1. The van der Waals surface area contributed by atoms with Gasteiger partial charge in [-0.2, -0.15) is 0 Å². The molecule has 82 valence electrons. The fourth-order valence-corrected chi connectivity index (χ4v) is 2.75. The Balaban J connectivity index is 1.91. The Morgan fingerprint density at radius 2 is 2.07 bits per heavy atom. The zero-order chi connectivity index (χ0) is 9.86. The lowest BCUT2D eigenvalue weighted by Gasteiger charge is -2.44. The highest BCUT2D eigenvalue weighted by Crippen LogP contribution is 2.33. The van der Waals surface area contributed by atoms with Gasteiger partial charge in [-0.1, -0.05) is 0 Å². The van der Waals surface area contributed by atoms with Crippen LogP contribution in [0.2, 0.25) is 0 Å². The van der Waals surface area contributed by atoms with E-state index in [1.165, 1.54) is 32.1 Å². The van der Waals surface area contributed by atoms with Crippen LogP contribution in [-0.2, 0) is 4.74 Å². The van der Waals surface area contributed by atoms with Gasteiger partial charge in [0.25, 0.3) is 0 Å². The van der Waals surface area contributed by atoms with E-state index >= 15 is 0 Å². The summed E-state index contributed by atoms with van der Waals surface area (Å²) in [5.74, 6) is 0. The summed E-state index contributed by atoms with van der Waals surface area (Å²) in [7, 11) is 0. The maximum absolute atomic E-state index is 8.92. The quantitative estimate of drug-likeness (QED) is 0.720. The van der Waals surface area contributed by atoms with Crippen LogP contribution in [0.15, 0.2) is 0 Å². The van der Waals surface area contributed by atoms with E-state index in [2.05, 4.69) is 4.90 Å². The number of hydrogen-bond acceptors (Lipinski definition) is 3. The van der Waals surface area contributed by atoms with Crippen molar-refractivity contribution in [2.45, 2.75) is 37.7 Å². The van der Waals surface area contributed by atoms with Gasteiger partial charge in [-0.15, -0.1) is 0 Å². The van der Waals surface area contributed by atoms with E-state index in [0.717, 1.165) is 26.2 Å². The molecular formula is C11H21NO2. The Morgan fingerprint density at radius 3 is 2.79 bits per heavy atom. The number of piperidine rings is 1. The molecule has 14 heavy (non-hydrogen) atoms. The molecule has 0 saturated carbocycles. The third-order valence-corrected chi connectivity index (χ3v) is 3.47. The lowest BCUT2D eigenvalue weighted by molar-refractivity contribution is -0.117. The first kappa shape index (κ1) is 10.4. The third kappa shape index (κ3) is 2.27. The van der Waals surface area contributed by atoms with Crippen LogP contribution in [0.4, 0.5) is 0 Å². The number of aliphatic hydroxyl groups is 1. The molecule has 0 amide bonds. The zero-order valence-electron chi connectivity index (χ0n) is 8.87. The van der Waals surface area contributed by atoms with E-state index < -0.39 is 0 Å².